The number of nitrogens with zero attached hydrogens (tertiary/aromatic N) is 1. The van der Waals surface area contributed by atoms with E-state index in [1.165, 1.54) is 6.20 Å². The van der Waals surface area contributed by atoms with E-state index in [1.54, 1.807) is 37.3 Å². The summed E-state index contributed by atoms with van der Waals surface area (Å²) >= 11 is 0. The highest BCUT2D eigenvalue weighted by molar-refractivity contribution is 7.93. The fraction of sp³-hybridized carbons (Fsp3) is 0.154. The Labute approximate surface area is 112 Å². The van der Waals surface area contributed by atoms with Crippen molar-refractivity contribution in [2.75, 3.05) is 10.5 Å². The Morgan fingerprint density at radius 1 is 1.16 bits per heavy atom. The Morgan fingerprint density at radius 3 is 2.47 bits per heavy atom. The fourth-order valence-electron chi connectivity index (χ4n) is 1.78. The average Bonchev–Trinajstić information content (AvgIpc) is 2.31. The highest BCUT2D eigenvalue weighted by Gasteiger charge is 2.19. The van der Waals surface area contributed by atoms with Crippen molar-refractivity contribution < 1.29 is 8.42 Å². The van der Waals surface area contributed by atoms with Crippen molar-refractivity contribution in [3.05, 3.63) is 47.8 Å². The Morgan fingerprint density at radius 2 is 1.89 bits per heavy atom. The molecule has 1 aromatic carbocycles. The van der Waals surface area contributed by atoms with Gasteiger partial charge in [0.1, 0.15) is 4.90 Å². The van der Waals surface area contributed by atoms with E-state index in [1.807, 2.05) is 6.92 Å². The number of nitrogen functional groups attached to an aromatic ring is 1. The summed E-state index contributed by atoms with van der Waals surface area (Å²) in [5, 5.41) is 0. The quantitative estimate of drug-likeness (QED) is 0.841. The summed E-state index contributed by atoms with van der Waals surface area (Å²) in [4.78, 5) is 4.15. The van der Waals surface area contributed by atoms with Crippen LogP contribution in [0.15, 0.2) is 41.4 Å². The topological polar surface area (TPSA) is 85.1 Å². The molecule has 0 bridgehead atoms. The van der Waals surface area contributed by atoms with E-state index in [4.69, 9.17) is 5.73 Å². The minimum Gasteiger partial charge on any atom is -0.398 e. The third kappa shape index (κ3) is 2.85. The number of aromatic nitrogens is 1. The van der Waals surface area contributed by atoms with Gasteiger partial charge >= 0.3 is 0 Å². The summed E-state index contributed by atoms with van der Waals surface area (Å²) < 4.78 is 27.1. The molecular weight excluding hydrogens is 262 g/mol. The van der Waals surface area contributed by atoms with Gasteiger partial charge in [-0.15, -0.1) is 0 Å². The van der Waals surface area contributed by atoms with Gasteiger partial charge in [-0.3, -0.25) is 9.71 Å². The number of sulfonamides is 1. The molecule has 100 valence electrons. The van der Waals surface area contributed by atoms with Gasteiger partial charge in [-0.05, 0) is 37.6 Å². The van der Waals surface area contributed by atoms with Gasteiger partial charge in [-0.25, -0.2) is 8.42 Å². The molecule has 19 heavy (non-hydrogen) atoms. The van der Waals surface area contributed by atoms with Gasteiger partial charge in [-0.1, -0.05) is 12.1 Å². The lowest BCUT2D eigenvalue weighted by Crippen LogP contribution is -2.16. The second-order valence-electron chi connectivity index (χ2n) is 4.29. The molecule has 2 aromatic rings. The van der Waals surface area contributed by atoms with E-state index in [0.717, 1.165) is 5.69 Å². The number of rotatable bonds is 3. The standard InChI is InChI=1S/C13H15N3O2S/c1-9-4-3-5-12(14)13(9)19(17,18)16-11-7-6-10(2)15-8-11/h3-8,16H,14H2,1-2H3. The van der Waals surface area contributed by atoms with Crippen LogP contribution in [0.5, 0.6) is 0 Å². The first kappa shape index (κ1) is 13.4. The van der Waals surface area contributed by atoms with Crippen molar-refractivity contribution in [1.82, 2.24) is 4.98 Å². The van der Waals surface area contributed by atoms with E-state index in [9.17, 15) is 8.42 Å². The predicted octanol–water partition coefficient (Wildman–Crippen LogP) is 2.08. The van der Waals surface area contributed by atoms with E-state index in [-0.39, 0.29) is 10.6 Å². The molecule has 0 aliphatic carbocycles. The maximum absolute atomic E-state index is 12.3. The Balaban J connectivity index is 2.41. The van der Waals surface area contributed by atoms with Crippen molar-refractivity contribution in [2.24, 2.45) is 0 Å². The summed E-state index contributed by atoms with van der Waals surface area (Å²) in [6.45, 7) is 3.54. The van der Waals surface area contributed by atoms with Gasteiger partial charge in [0.15, 0.2) is 0 Å². The molecule has 0 unspecified atom stereocenters. The molecular formula is C13H15N3O2S. The number of hydrogen-bond acceptors (Lipinski definition) is 4. The first-order chi connectivity index (χ1) is 8.90. The van der Waals surface area contributed by atoms with Crippen LogP contribution in [-0.4, -0.2) is 13.4 Å². The van der Waals surface area contributed by atoms with Crippen LogP contribution in [0.1, 0.15) is 11.3 Å². The number of aryl methyl sites for hydroxylation is 2. The van der Waals surface area contributed by atoms with E-state index >= 15 is 0 Å². The van der Waals surface area contributed by atoms with Crippen LogP contribution in [0.4, 0.5) is 11.4 Å². The Bertz CT molecular complexity index is 674. The van der Waals surface area contributed by atoms with Crippen LogP contribution < -0.4 is 10.5 Å². The van der Waals surface area contributed by atoms with Crippen molar-refractivity contribution in [3.8, 4) is 0 Å². The molecule has 0 atom stereocenters. The second kappa shape index (κ2) is 4.89. The van der Waals surface area contributed by atoms with Crippen molar-refractivity contribution >= 4 is 21.4 Å². The lowest BCUT2D eigenvalue weighted by molar-refractivity contribution is 0.601. The smallest absolute Gasteiger partial charge is 0.264 e. The minimum atomic E-state index is -3.70. The highest BCUT2D eigenvalue weighted by Crippen LogP contribution is 2.24. The molecule has 6 heteroatoms. The van der Waals surface area contributed by atoms with E-state index in [2.05, 4.69) is 9.71 Å². The van der Waals surface area contributed by atoms with Gasteiger partial charge in [0, 0.05) is 5.69 Å². The normalized spacial score (nSPS) is 11.3. The number of pyridine rings is 1. The zero-order valence-corrected chi connectivity index (χ0v) is 11.5. The first-order valence-electron chi connectivity index (χ1n) is 5.71. The summed E-state index contributed by atoms with van der Waals surface area (Å²) in [6, 6.07) is 8.39. The van der Waals surface area contributed by atoms with E-state index in [0.29, 0.717) is 11.3 Å². The molecule has 1 heterocycles. The van der Waals surface area contributed by atoms with Gasteiger partial charge < -0.3 is 5.73 Å². The fourth-order valence-corrected chi connectivity index (χ4v) is 3.18. The van der Waals surface area contributed by atoms with Crippen LogP contribution in [0.3, 0.4) is 0 Å². The molecule has 5 nitrogen and oxygen atoms in total. The van der Waals surface area contributed by atoms with Crippen LogP contribution in [0, 0.1) is 13.8 Å². The maximum atomic E-state index is 12.3. The molecule has 0 spiro atoms. The molecule has 0 amide bonds. The lowest BCUT2D eigenvalue weighted by Gasteiger charge is -2.12. The van der Waals surface area contributed by atoms with Crippen LogP contribution in [0.2, 0.25) is 0 Å². The zero-order chi connectivity index (χ0) is 14.0. The molecule has 0 aliphatic heterocycles. The molecule has 2 rings (SSSR count). The van der Waals surface area contributed by atoms with Crippen LogP contribution >= 0.6 is 0 Å². The number of anilines is 2. The second-order valence-corrected chi connectivity index (χ2v) is 5.91. The highest BCUT2D eigenvalue weighted by atomic mass is 32.2. The average molecular weight is 277 g/mol. The molecule has 0 saturated heterocycles. The molecule has 0 saturated carbocycles. The van der Waals surface area contributed by atoms with Gasteiger partial charge in [-0.2, -0.15) is 0 Å². The minimum absolute atomic E-state index is 0.107. The largest absolute Gasteiger partial charge is 0.398 e. The van der Waals surface area contributed by atoms with Crippen LogP contribution in [-0.2, 0) is 10.0 Å². The first-order valence-corrected chi connectivity index (χ1v) is 7.19. The number of benzene rings is 1. The van der Waals surface area contributed by atoms with E-state index < -0.39 is 10.0 Å². The van der Waals surface area contributed by atoms with Gasteiger partial charge in [0.25, 0.3) is 10.0 Å². The molecule has 0 radical (unpaired) electrons. The van der Waals surface area contributed by atoms with Gasteiger partial charge in [0.05, 0.1) is 17.6 Å². The summed E-state index contributed by atoms with van der Waals surface area (Å²) in [5.41, 5.74) is 7.81. The summed E-state index contributed by atoms with van der Waals surface area (Å²) in [7, 11) is -3.70. The molecule has 3 N–H and O–H groups in total. The van der Waals surface area contributed by atoms with Crippen molar-refractivity contribution in [1.29, 1.82) is 0 Å². The monoisotopic (exact) mass is 277 g/mol. The Hall–Kier alpha value is -2.08. The van der Waals surface area contributed by atoms with Crippen molar-refractivity contribution in [3.63, 3.8) is 0 Å². The van der Waals surface area contributed by atoms with Crippen molar-refractivity contribution in [2.45, 2.75) is 18.7 Å². The molecule has 0 fully saturated rings. The number of nitrogens with two attached hydrogens (primary N) is 1. The number of hydrogen-bond donors (Lipinski definition) is 2. The summed E-state index contributed by atoms with van der Waals surface area (Å²) in [6.07, 6.45) is 1.47. The lowest BCUT2D eigenvalue weighted by atomic mass is 10.2. The summed E-state index contributed by atoms with van der Waals surface area (Å²) in [5.74, 6) is 0. The Kier molecular flexibility index (Phi) is 3.44. The van der Waals surface area contributed by atoms with Crippen LogP contribution in [0.25, 0.3) is 0 Å². The third-order valence-electron chi connectivity index (χ3n) is 2.67. The third-order valence-corrected chi connectivity index (χ3v) is 4.27. The predicted molar refractivity (Wildman–Crippen MR) is 75.4 cm³/mol. The maximum Gasteiger partial charge on any atom is 0.264 e. The zero-order valence-electron chi connectivity index (χ0n) is 10.7. The molecule has 0 aliphatic rings. The SMILES string of the molecule is Cc1ccc(NS(=O)(=O)c2c(C)cccc2N)cn1. The molecule has 1 aromatic heterocycles. The number of nitrogens with one attached hydrogen (secondary N) is 1. The van der Waals surface area contributed by atoms with Gasteiger partial charge in [0.2, 0.25) is 0 Å².